The van der Waals surface area contributed by atoms with E-state index in [1.807, 2.05) is 13.8 Å². The summed E-state index contributed by atoms with van der Waals surface area (Å²) >= 11 is 0. The summed E-state index contributed by atoms with van der Waals surface area (Å²) in [5.74, 6) is -2.53. The summed E-state index contributed by atoms with van der Waals surface area (Å²) < 4.78 is 14.3. The van der Waals surface area contributed by atoms with Crippen LogP contribution in [0.3, 0.4) is 0 Å². The lowest BCUT2D eigenvalue weighted by molar-refractivity contribution is -0.139. The number of carboxylic acid groups (broad SMARTS) is 1. The van der Waals surface area contributed by atoms with Crippen molar-refractivity contribution >= 4 is 17.6 Å². The van der Waals surface area contributed by atoms with Crippen LogP contribution in [0.15, 0.2) is 24.3 Å². The highest BCUT2D eigenvalue weighted by molar-refractivity contribution is 6.01. The molecule has 0 aliphatic heterocycles. The van der Waals surface area contributed by atoms with Crippen LogP contribution in [0.1, 0.15) is 48.7 Å². The molecular weight excluding hydrogens is 339 g/mol. The van der Waals surface area contributed by atoms with Gasteiger partial charge in [0.1, 0.15) is 18.0 Å². The molecule has 26 heavy (non-hydrogen) atoms. The van der Waals surface area contributed by atoms with Gasteiger partial charge in [-0.05, 0) is 48.2 Å². The number of carbonyl (C=O) groups is 2. The zero-order valence-electron chi connectivity index (χ0n) is 14.8. The Bertz CT molecular complexity index is 850. The van der Waals surface area contributed by atoms with Gasteiger partial charge in [-0.1, -0.05) is 13.8 Å². The molecule has 0 atom stereocenters. The molecule has 1 aromatic carbocycles. The quantitative estimate of drug-likeness (QED) is 0.686. The van der Waals surface area contributed by atoms with E-state index in [0.29, 0.717) is 23.4 Å². The number of carboxylic acids is 1. The number of aliphatic carboxylic acids is 1. The van der Waals surface area contributed by atoms with Crippen molar-refractivity contribution in [3.63, 3.8) is 0 Å². The van der Waals surface area contributed by atoms with E-state index in [9.17, 15) is 19.1 Å². The Hall–Kier alpha value is -2.96. The smallest absolute Gasteiger partial charge is 0.312 e. The molecule has 0 fully saturated rings. The molecule has 2 aromatic rings. The topological polar surface area (TPSA) is 99.5 Å². The molecule has 7 heteroatoms. The lowest BCUT2D eigenvalue weighted by Gasteiger charge is -2.13. The number of amides is 1. The van der Waals surface area contributed by atoms with Crippen molar-refractivity contribution in [2.24, 2.45) is 0 Å². The van der Waals surface area contributed by atoms with Gasteiger partial charge in [-0.25, -0.2) is 4.39 Å². The van der Waals surface area contributed by atoms with Crippen molar-refractivity contribution in [2.45, 2.75) is 39.5 Å². The first kappa shape index (κ1) is 19.4. The Kier molecular flexibility index (Phi) is 5.92. The number of aryl methyl sites for hydroxylation is 1. The second-order valence-electron chi connectivity index (χ2n) is 6.42. The fourth-order valence-electron chi connectivity index (χ4n) is 2.57. The van der Waals surface area contributed by atoms with Crippen LogP contribution in [-0.4, -0.2) is 27.1 Å². The number of pyridine rings is 1. The lowest BCUT2D eigenvalue weighted by Crippen LogP contribution is -2.17. The SMILES string of the molecule is Cc1cc(NC(=O)CC(=O)O)c(F)cc1Cc1ccc(O)c(C(C)C)n1. The van der Waals surface area contributed by atoms with E-state index in [1.165, 1.54) is 12.1 Å². The maximum absolute atomic E-state index is 14.3. The van der Waals surface area contributed by atoms with Crippen molar-refractivity contribution in [3.05, 3.63) is 52.6 Å². The van der Waals surface area contributed by atoms with E-state index >= 15 is 0 Å². The highest BCUT2D eigenvalue weighted by Crippen LogP contribution is 2.26. The van der Waals surface area contributed by atoms with Crippen LogP contribution in [0, 0.1) is 12.7 Å². The molecule has 0 unspecified atom stereocenters. The Morgan fingerprint density at radius 2 is 1.96 bits per heavy atom. The number of rotatable bonds is 6. The van der Waals surface area contributed by atoms with E-state index in [-0.39, 0.29) is 17.4 Å². The second kappa shape index (κ2) is 7.95. The number of carbonyl (C=O) groups excluding carboxylic acids is 1. The predicted octanol–water partition coefficient (Wildman–Crippen LogP) is 3.36. The fraction of sp³-hybridized carbons (Fsp3) is 0.316. The van der Waals surface area contributed by atoms with Gasteiger partial charge in [0.15, 0.2) is 0 Å². The van der Waals surface area contributed by atoms with Crippen molar-refractivity contribution in [3.8, 4) is 5.75 Å². The molecule has 0 aliphatic carbocycles. The monoisotopic (exact) mass is 360 g/mol. The normalized spacial score (nSPS) is 10.8. The molecule has 1 heterocycles. The maximum atomic E-state index is 14.3. The van der Waals surface area contributed by atoms with Crippen LogP contribution in [0.4, 0.5) is 10.1 Å². The van der Waals surface area contributed by atoms with Gasteiger partial charge in [0.25, 0.3) is 0 Å². The Labute approximate surface area is 150 Å². The minimum atomic E-state index is -1.28. The number of anilines is 1. The molecule has 138 valence electrons. The summed E-state index contributed by atoms with van der Waals surface area (Å²) in [5.41, 5.74) is 2.64. The summed E-state index contributed by atoms with van der Waals surface area (Å²) in [6.07, 6.45) is -0.359. The number of hydrogen-bond donors (Lipinski definition) is 3. The Morgan fingerprint density at radius 1 is 1.27 bits per heavy atom. The van der Waals surface area contributed by atoms with Gasteiger partial charge in [-0.2, -0.15) is 0 Å². The lowest BCUT2D eigenvalue weighted by atomic mass is 10.0. The second-order valence-corrected chi connectivity index (χ2v) is 6.42. The van der Waals surface area contributed by atoms with Gasteiger partial charge in [0.05, 0.1) is 11.4 Å². The minimum absolute atomic E-state index is 0.0552. The molecule has 6 nitrogen and oxygen atoms in total. The molecule has 0 aliphatic rings. The van der Waals surface area contributed by atoms with Crippen LogP contribution < -0.4 is 5.32 Å². The van der Waals surface area contributed by atoms with Crippen molar-refractivity contribution in [1.82, 2.24) is 4.98 Å². The summed E-state index contributed by atoms with van der Waals surface area (Å²) in [5, 5.41) is 20.7. The van der Waals surface area contributed by atoms with Crippen molar-refractivity contribution < 1.29 is 24.2 Å². The number of benzene rings is 1. The van der Waals surface area contributed by atoms with Crippen LogP contribution in [0.25, 0.3) is 0 Å². The molecular formula is C19H21FN2O4. The fourth-order valence-corrected chi connectivity index (χ4v) is 2.57. The zero-order valence-corrected chi connectivity index (χ0v) is 14.8. The average molecular weight is 360 g/mol. The summed E-state index contributed by atoms with van der Waals surface area (Å²) in [7, 11) is 0. The molecule has 2 rings (SSSR count). The van der Waals surface area contributed by atoms with Crippen LogP contribution >= 0.6 is 0 Å². The predicted molar refractivity (Wildman–Crippen MR) is 94.8 cm³/mol. The van der Waals surface area contributed by atoms with Gasteiger partial charge in [0, 0.05) is 12.1 Å². The van der Waals surface area contributed by atoms with Gasteiger partial charge >= 0.3 is 5.97 Å². The van der Waals surface area contributed by atoms with E-state index in [0.717, 1.165) is 5.56 Å². The molecule has 0 saturated heterocycles. The van der Waals surface area contributed by atoms with Crippen LogP contribution in [0.5, 0.6) is 5.75 Å². The number of nitrogens with zero attached hydrogens (tertiary/aromatic N) is 1. The van der Waals surface area contributed by atoms with Gasteiger partial charge in [0.2, 0.25) is 5.91 Å². The zero-order chi connectivity index (χ0) is 19.4. The van der Waals surface area contributed by atoms with E-state index in [2.05, 4.69) is 10.3 Å². The molecule has 0 radical (unpaired) electrons. The third-order valence-electron chi connectivity index (χ3n) is 3.89. The van der Waals surface area contributed by atoms with Crippen molar-refractivity contribution in [2.75, 3.05) is 5.32 Å². The molecule has 0 spiro atoms. The summed E-state index contributed by atoms with van der Waals surface area (Å²) in [6.45, 7) is 5.61. The third-order valence-corrected chi connectivity index (χ3v) is 3.89. The largest absolute Gasteiger partial charge is 0.506 e. The summed E-state index contributed by atoms with van der Waals surface area (Å²) in [6, 6.07) is 6.02. The van der Waals surface area contributed by atoms with Crippen LogP contribution in [-0.2, 0) is 16.0 Å². The van der Waals surface area contributed by atoms with Gasteiger partial charge in [-0.15, -0.1) is 0 Å². The molecule has 1 aromatic heterocycles. The van der Waals surface area contributed by atoms with Gasteiger partial charge < -0.3 is 15.5 Å². The van der Waals surface area contributed by atoms with E-state index in [4.69, 9.17) is 5.11 Å². The third kappa shape index (κ3) is 4.78. The first-order valence-corrected chi connectivity index (χ1v) is 8.16. The number of aromatic nitrogens is 1. The number of aromatic hydroxyl groups is 1. The minimum Gasteiger partial charge on any atom is -0.506 e. The molecule has 1 amide bonds. The average Bonchev–Trinajstić information content (AvgIpc) is 2.52. The maximum Gasteiger partial charge on any atom is 0.312 e. The molecule has 3 N–H and O–H groups in total. The first-order chi connectivity index (χ1) is 12.2. The number of halogens is 1. The van der Waals surface area contributed by atoms with E-state index < -0.39 is 24.1 Å². The van der Waals surface area contributed by atoms with Crippen LogP contribution in [0.2, 0.25) is 0 Å². The molecule has 0 bridgehead atoms. The highest BCUT2D eigenvalue weighted by Gasteiger charge is 2.14. The van der Waals surface area contributed by atoms with Gasteiger partial charge in [-0.3, -0.25) is 14.6 Å². The van der Waals surface area contributed by atoms with E-state index in [1.54, 1.807) is 19.1 Å². The summed E-state index contributed by atoms with van der Waals surface area (Å²) in [4.78, 5) is 26.5. The Balaban J connectivity index is 2.24. The standard InChI is InChI=1S/C19H21FN2O4/c1-10(2)19-16(23)5-4-13(21-19)7-12-8-14(20)15(6-11(12)3)22-17(24)9-18(25)26/h4-6,8,10,23H,7,9H2,1-3H3,(H,22,24)(H,25,26). The Morgan fingerprint density at radius 3 is 2.58 bits per heavy atom. The number of hydrogen-bond acceptors (Lipinski definition) is 4. The van der Waals surface area contributed by atoms with Crippen molar-refractivity contribution in [1.29, 1.82) is 0 Å². The highest BCUT2D eigenvalue weighted by atomic mass is 19.1. The first-order valence-electron chi connectivity index (χ1n) is 8.16. The molecule has 0 saturated carbocycles. The number of nitrogens with one attached hydrogen (secondary N) is 1.